The first-order chi connectivity index (χ1) is 9.69. The number of nitrogens with zero attached hydrogens (tertiary/aromatic N) is 2. The van der Waals surface area contributed by atoms with Gasteiger partial charge in [-0.15, -0.1) is 0 Å². The minimum absolute atomic E-state index is 0.481. The number of aryl methyl sites for hydroxylation is 1. The number of nitrogens with two attached hydrogens (primary N) is 1. The van der Waals surface area contributed by atoms with Crippen molar-refractivity contribution >= 4 is 17.2 Å². The predicted molar refractivity (Wildman–Crippen MR) is 82.1 cm³/mol. The lowest BCUT2D eigenvalue weighted by Gasteiger charge is -2.05. The molecule has 102 valence electrons. The molecule has 0 atom stereocenters. The van der Waals surface area contributed by atoms with Gasteiger partial charge in [0.2, 0.25) is 0 Å². The van der Waals surface area contributed by atoms with Crippen molar-refractivity contribution in [1.29, 1.82) is 0 Å². The Morgan fingerprint density at radius 2 is 1.90 bits per heavy atom. The molecule has 2 N–H and O–H groups in total. The number of aromatic nitrogens is 2. The van der Waals surface area contributed by atoms with E-state index in [0.717, 1.165) is 34.2 Å². The molecule has 4 heteroatoms. The zero-order chi connectivity index (χ0) is 14.1. The van der Waals surface area contributed by atoms with Gasteiger partial charge in [-0.1, -0.05) is 29.8 Å². The molecule has 0 saturated carbocycles. The fourth-order valence-electron chi connectivity index (χ4n) is 2.52. The molecule has 3 nitrogen and oxygen atoms in total. The highest BCUT2D eigenvalue weighted by molar-refractivity contribution is 6.30. The Morgan fingerprint density at radius 1 is 1.15 bits per heavy atom. The molecule has 2 aromatic heterocycles. The van der Waals surface area contributed by atoms with Crippen LogP contribution >= 0.6 is 11.6 Å². The van der Waals surface area contributed by atoms with Crippen molar-refractivity contribution in [3.05, 3.63) is 70.1 Å². The SMILES string of the molecule is Cc1cccc2nc(Cc3ccc(Cl)cc3)c(CN)n12. The van der Waals surface area contributed by atoms with Crippen molar-refractivity contribution < 1.29 is 0 Å². The molecule has 0 aliphatic heterocycles. The molecule has 0 saturated heterocycles. The van der Waals surface area contributed by atoms with Crippen LogP contribution in [0, 0.1) is 6.92 Å². The molecule has 3 rings (SSSR count). The summed E-state index contributed by atoms with van der Waals surface area (Å²) in [6.07, 6.45) is 0.769. The van der Waals surface area contributed by atoms with Crippen molar-refractivity contribution in [2.24, 2.45) is 5.73 Å². The van der Waals surface area contributed by atoms with Crippen LogP contribution in [0.1, 0.15) is 22.6 Å². The van der Waals surface area contributed by atoms with E-state index >= 15 is 0 Å². The number of fused-ring (bicyclic) bond motifs is 1. The summed E-state index contributed by atoms with van der Waals surface area (Å²) >= 11 is 5.92. The summed E-state index contributed by atoms with van der Waals surface area (Å²) in [6, 6.07) is 14.0. The first-order valence-electron chi connectivity index (χ1n) is 6.59. The lowest BCUT2D eigenvalue weighted by molar-refractivity contribution is 0.906. The third kappa shape index (κ3) is 2.30. The normalized spacial score (nSPS) is 11.2. The first kappa shape index (κ1) is 13.2. The molecule has 0 amide bonds. The first-order valence-corrected chi connectivity index (χ1v) is 6.97. The largest absolute Gasteiger partial charge is 0.325 e. The van der Waals surface area contributed by atoms with E-state index in [1.165, 1.54) is 5.56 Å². The van der Waals surface area contributed by atoms with Crippen LogP contribution in [0.5, 0.6) is 0 Å². The average molecular weight is 286 g/mol. The maximum absolute atomic E-state index is 5.93. The minimum Gasteiger partial charge on any atom is -0.325 e. The lowest BCUT2D eigenvalue weighted by atomic mass is 10.1. The molecule has 1 aromatic carbocycles. The van der Waals surface area contributed by atoms with Crippen LogP contribution in [0.15, 0.2) is 42.5 Å². The van der Waals surface area contributed by atoms with Crippen molar-refractivity contribution in [2.75, 3.05) is 0 Å². The van der Waals surface area contributed by atoms with Crippen molar-refractivity contribution in [3.8, 4) is 0 Å². The van der Waals surface area contributed by atoms with E-state index in [1.807, 2.05) is 36.4 Å². The molecule has 0 unspecified atom stereocenters. The van der Waals surface area contributed by atoms with Gasteiger partial charge in [0.1, 0.15) is 5.65 Å². The zero-order valence-electron chi connectivity index (χ0n) is 11.3. The summed E-state index contributed by atoms with van der Waals surface area (Å²) < 4.78 is 2.13. The highest BCUT2D eigenvalue weighted by Crippen LogP contribution is 2.19. The van der Waals surface area contributed by atoms with Gasteiger partial charge in [0, 0.05) is 23.7 Å². The van der Waals surface area contributed by atoms with E-state index in [4.69, 9.17) is 22.3 Å². The summed E-state index contributed by atoms with van der Waals surface area (Å²) in [6.45, 7) is 2.55. The van der Waals surface area contributed by atoms with Crippen LogP contribution in [0.2, 0.25) is 5.02 Å². The lowest BCUT2D eigenvalue weighted by Crippen LogP contribution is -2.06. The number of halogens is 1. The highest BCUT2D eigenvalue weighted by Gasteiger charge is 2.12. The molecule has 0 spiro atoms. The van der Waals surface area contributed by atoms with Crippen LogP contribution in [-0.2, 0) is 13.0 Å². The Morgan fingerprint density at radius 3 is 2.60 bits per heavy atom. The number of rotatable bonds is 3. The fraction of sp³-hybridized carbons (Fsp3) is 0.188. The maximum Gasteiger partial charge on any atom is 0.137 e. The molecule has 3 aromatic rings. The van der Waals surface area contributed by atoms with E-state index in [9.17, 15) is 0 Å². The zero-order valence-corrected chi connectivity index (χ0v) is 12.1. The smallest absolute Gasteiger partial charge is 0.137 e. The third-order valence-electron chi connectivity index (χ3n) is 3.50. The van der Waals surface area contributed by atoms with Crippen LogP contribution in [0.25, 0.3) is 5.65 Å². The van der Waals surface area contributed by atoms with E-state index in [2.05, 4.69) is 17.4 Å². The van der Waals surface area contributed by atoms with Gasteiger partial charge in [0.25, 0.3) is 0 Å². The standard InChI is InChI=1S/C16H16ClN3/c1-11-3-2-4-16-19-14(15(10-18)20(11)16)9-12-5-7-13(17)8-6-12/h2-8H,9-10,18H2,1H3. The van der Waals surface area contributed by atoms with Gasteiger partial charge >= 0.3 is 0 Å². The van der Waals surface area contributed by atoms with Gasteiger partial charge in [-0.25, -0.2) is 4.98 Å². The molecular weight excluding hydrogens is 270 g/mol. The summed E-state index contributed by atoms with van der Waals surface area (Å²) in [7, 11) is 0. The van der Waals surface area contributed by atoms with Gasteiger partial charge in [0.15, 0.2) is 0 Å². The van der Waals surface area contributed by atoms with E-state index < -0.39 is 0 Å². The molecule has 0 aliphatic carbocycles. The second kappa shape index (κ2) is 5.27. The molecule has 20 heavy (non-hydrogen) atoms. The quantitative estimate of drug-likeness (QED) is 0.802. The second-order valence-electron chi connectivity index (χ2n) is 4.87. The van der Waals surface area contributed by atoms with Gasteiger partial charge in [-0.2, -0.15) is 0 Å². The van der Waals surface area contributed by atoms with Gasteiger partial charge in [0.05, 0.1) is 11.4 Å². The number of hydrogen-bond donors (Lipinski definition) is 1. The summed E-state index contributed by atoms with van der Waals surface area (Å²) in [5, 5.41) is 0.749. The second-order valence-corrected chi connectivity index (χ2v) is 5.31. The summed E-state index contributed by atoms with van der Waals surface area (Å²) in [5.74, 6) is 0. The van der Waals surface area contributed by atoms with Gasteiger partial charge in [-0.05, 0) is 36.8 Å². The Bertz CT molecular complexity index is 744. The van der Waals surface area contributed by atoms with Crippen LogP contribution in [-0.4, -0.2) is 9.38 Å². The molecule has 0 radical (unpaired) electrons. The van der Waals surface area contributed by atoms with E-state index in [0.29, 0.717) is 6.54 Å². The molecule has 0 bridgehead atoms. The fourth-order valence-corrected chi connectivity index (χ4v) is 2.65. The number of pyridine rings is 1. The Hall–Kier alpha value is -1.84. The highest BCUT2D eigenvalue weighted by atomic mass is 35.5. The minimum atomic E-state index is 0.481. The number of benzene rings is 1. The summed E-state index contributed by atoms with van der Waals surface area (Å²) in [5.41, 5.74) is 11.3. The van der Waals surface area contributed by atoms with Gasteiger partial charge < -0.3 is 5.73 Å². The predicted octanol–water partition coefficient (Wildman–Crippen LogP) is 3.35. The van der Waals surface area contributed by atoms with Crippen LogP contribution in [0.4, 0.5) is 0 Å². The third-order valence-corrected chi connectivity index (χ3v) is 3.75. The molecule has 2 heterocycles. The molecule has 0 aliphatic rings. The summed E-state index contributed by atoms with van der Waals surface area (Å²) in [4.78, 5) is 4.71. The number of imidazole rings is 1. The number of hydrogen-bond acceptors (Lipinski definition) is 2. The molecular formula is C16H16ClN3. The van der Waals surface area contributed by atoms with Crippen molar-refractivity contribution in [1.82, 2.24) is 9.38 Å². The van der Waals surface area contributed by atoms with E-state index in [1.54, 1.807) is 0 Å². The topological polar surface area (TPSA) is 43.3 Å². The van der Waals surface area contributed by atoms with Crippen LogP contribution in [0.3, 0.4) is 0 Å². The monoisotopic (exact) mass is 285 g/mol. The van der Waals surface area contributed by atoms with Crippen molar-refractivity contribution in [2.45, 2.75) is 19.9 Å². The van der Waals surface area contributed by atoms with Crippen molar-refractivity contribution in [3.63, 3.8) is 0 Å². The maximum atomic E-state index is 5.93. The Kier molecular flexibility index (Phi) is 3.47. The Labute approximate surface area is 123 Å². The van der Waals surface area contributed by atoms with E-state index in [-0.39, 0.29) is 0 Å². The van der Waals surface area contributed by atoms with Gasteiger partial charge in [-0.3, -0.25) is 4.40 Å². The average Bonchev–Trinajstić information content (AvgIpc) is 2.80. The Balaban J connectivity index is 2.07. The molecule has 0 fully saturated rings. The van der Waals surface area contributed by atoms with Crippen LogP contribution < -0.4 is 5.73 Å².